The van der Waals surface area contributed by atoms with Gasteiger partial charge in [-0.3, -0.25) is 9.59 Å². The fraction of sp³-hybridized carbons (Fsp3) is 0.286. The van der Waals surface area contributed by atoms with Crippen LogP contribution in [0.25, 0.3) is 0 Å². The number of nitrogens with zero attached hydrogens (tertiary/aromatic N) is 1. The number of ether oxygens (including phenoxy) is 5. The maximum absolute atomic E-state index is 14.0. The first-order valence-electron chi connectivity index (χ1n) is 11.6. The van der Waals surface area contributed by atoms with E-state index in [2.05, 4.69) is 5.32 Å². The number of nitrogens with one attached hydrogen (secondary N) is 1. The number of anilines is 1. The van der Waals surface area contributed by atoms with Gasteiger partial charge >= 0.3 is 0 Å². The number of carbonyl (C=O) groups excluding carboxylic acids is 2. The number of likely N-dealkylation sites (N-methyl/N-ethyl adjacent to an activating group) is 1. The van der Waals surface area contributed by atoms with Crippen molar-refractivity contribution in [2.24, 2.45) is 0 Å². The summed E-state index contributed by atoms with van der Waals surface area (Å²) in [5, 5.41) is 2.99. The maximum atomic E-state index is 14.0. The molecule has 0 saturated carbocycles. The number of rotatable bonds is 8. The van der Waals surface area contributed by atoms with E-state index in [1.807, 2.05) is 12.1 Å². The number of methoxy groups -OCH3 is 5. The second kappa shape index (κ2) is 10.7. The topological polar surface area (TPSA) is 95.6 Å². The predicted molar refractivity (Wildman–Crippen MR) is 138 cm³/mol. The van der Waals surface area contributed by atoms with Crippen molar-refractivity contribution >= 4 is 17.5 Å². The van der Waals surface area contributed by atoms with Crippen LogP contribution in [0.4, 0.5) is 5.69 Å². The summed E-state index contributed by atoms with van der Waals surface area (Å²) in [7, 11) is 9.36. The Balaban J connectivity index is 1.86. The van der Waals surface area contributed by atoms with Crippen molar-refractivity contribution in [3.8, 4) is 28.7 Å². The van der Waals surface area contributed by atoms with Gasteiger partial charge in [0.05, 0.1) is 53.2 Å². The summed E-state index contributed by atoms with van der Waals surface area (Å²) >= 11 is 0. The zero-order chi connectivity index (χ0) is 26.7. The molecule has 37 heavy (non-hydrogen) atoms. The van der Waals surface area contributed by atoms with Crippen LogP contribution in [0.2, 0.25) is 0 Å². The van der Waals surface area contributed by atoms with Gasteiger partial charge in [-0.05, 0) is 47.5 Å². The standard InChI is InChI=1S/C28H30N2O7/c1-30-26(16-7-9-17(33-2)10-8-16)25(19-14-23(36-5)24(37-6)15-20(19)28(30)32)27(31)29-21-12-11-18(34-3)13-22(21)35-4/h7-15,25-26H,1-6H3,(H,29,31)/t25-,26+/m1/s1. The second-order valence-corrected chi connectivity index (χ2v) is 8.46. The summed E-state index contributed by atoms with van der Waals surface area (Å²) in [5.41, 5.74) is 2.15. The maximum Gasteiger partial charge on any atom is 0.254 e. The van der Waals surface area contributed by atoms with E-state index in [-0.39, 0.29) is 11.8 Å². The number of carbonyl (C=O) groups is 2. The molecule has 2 atom stereocenters. The van der Waals surface area contributed by atoms with E-state index in [0.717, 1.165) is 5.56 Å². The van der Waals surface area contributed by atoms with E-state index in [1.54, 1.807) is 68.6 Å². The lowest BCUT2D eigenvalue weighted by molar-refractivity contribution is -0.119. The molecule has 0 spiro atoms. The molecule has 1 heterocycles. The van der Waals surface area contributed by atoms with Gasteiger partial charge in [0.1, 0.15) is 17.2 Å². The lowest BCUT2D eigenvalue weighted by Crippen LogP contribution is -2.44. The number of benzene rings is 3. The Morgan fingerprint density at radius 2 is 1.35 bits per heavy atom. The summed E-state index contributed by atoms with van der Waals surface area (Å²) in [5.74, 6) is 1.20. The molecule has 1 aliphatic heterocycles. The molecule has 0 radical (unpaired) electrons. The molecule has 3 aromatic carbocycles. The Labute approximate surface area is 215 Å². The third-order valence-electron chi connectivity index (χ3n) is 6.58. The molecule has 0 fully saturated rings. The van der Waals surface area contributed by atoms with Crippen molar-refractivity contribution in [2.75, 3.05) is 47.9 Å². The van der Waals surface area contributed by atoms with E-state index >= 15 is 0 Å². The molecule has 9 heteroatoms. The normalized spacial score (nSPS) is 16.5. The minimum atomic E-state index is -0.780. The number of fused-ring (bicyclic) bond motifs is 1. The highest BCUT2D eigenvalue weighted by Gasteiger charge is 2.43. The smallest absolute Gasteiger partial charge is 0.254 e. The quantitative estimate of drug-likeness (QED) is 0.487. The van der Waals surface area contributed by atoms with E-state index < -0.39 is 12.0 Å². The Morgan fingerprint density at radius 1 is 0.757 bits per heavy atom. The average Bonchev–Trinajstić information content (AvgIpc) is 2.94. The van der Waals surface area contributed by atoms with Gasteiger partial charge in [0, 0.05) is 18.7 Å². The highest BCUT2D eigenvalue weighted by Crippen LogP contribution is 2.46. The fourth-order valence-electron chi connectivity index (χ4n) is 4.66. The monoisotopic (exact) mass is 506 g/mol. The van der Waals surface area contributed by atoms with Crippen molar-refractivity contribution in [1.29, 1.82) is 0 Å². The third kappa shape index (κ3) is 4.72. The number of amides is 2. The van der Waals surface area contributed by atoms with Crippen molar-refractivity contribution in [1.82, 2.24) is 4.90 Å². The van der Waals surface area contributed by atoms with Crippen LogP contribution >= 0.6 is 0 Å². The Bertz CT molecular complexity index is 1310. The fourth-order valence-corrected chi connectivity index (χ4v) is 4.66. The molecule has 2 amide bonds. The highest BCUT2D eigenvalue weighted by molar-refractivity contribution is 6.05. The summed E-state index contributed by atoms with van der Waals surface area (Å²) in [4.78, 5) is 29.1. The molecule has 4 rings (SSSR count). The summed E-state index contributed by atoms with van der Waals surface area (Å²) in [6.07, 6.45) is 0. The van der Waals surface area contributed by atoms with Crippen molar-refractivity contribution < 1.29 is 33.3 Å². The van der Waals surface area contributed by atoms with Crippen LogP contribution in [-0.4, -0.2) is 59.3 Å². The number of hydrogen-bond donors (Lipinski definition) is 1. The van der Waals surface area contributed by atoms with E-state index in [0.29, 0.717) is 45.6 Å². The first-order valence-corrected chi connectivity index (χ1v) is 11.6. The molecule has 1 aliphatic rings. The summed E-state index contributed by atoms with van der Waals surface area (Å²) in [6.45, 7) is 0. The Hall–Kier alpha value is -4.40. The van der Waals surface area contributed by atoms with Gasteiger partial charge in [0.25, 0.3) is 5.91 Å². The largest absolute Gasteiger partial charge is 0.497 e. The van der Waals surface area contributed by atoms with Gasteiger partial charge in [0.2, 0.25) is 5.91 Å². The zero-order valence-electron chi connectivity index (χ0n) is 21.7. The van der Waals surface area contributed by atoms with Gasteiger partial charge in [-0.1, -0.05) is 12.1 Å². The van der Waals surface area contributed by atoms with Gasteiger partial charge in [-0.2, -0.15) is 0 Å². The Morgan fingerprint density at radius 3 is 1.95 bits per heavy atom. The van der Waals surface area contributed by atoms with Gasteiger partial charge < -0.3 is 33.9 Å². The highest BCUT2D eigenvalue weighted by atomic mass is 16.5. The average molecular weight is 507 g/mol. The molecule has 0 aromatic heterocycles. The van der Waals surface area contributed by atoms with E-state index in [1.165, 1.54) is 21.3 Å². The Kier molecular flexibility index (Phi) is 7.42. The van der Waals surface area contributed by atoms with Gasteiger partial charge in [0.15, 0.2) is 11.5 Å². The van der Waals surface area contributed by atoms with Crippen LogP contribution in [0, 0.1) is 0 Å². The van der Waals surface area contributed by atoms with Crippen molar-refractivity contribution in [3.05, 3.63) is 71.3 Å². The molecule has 1 N–H and O–H groups in total. The molecular formula is C28H30N2O7. The first kappa shape index (κ1) is 25.7. The second-order valence-electron chi connectivity index (χ2n) is 8.46. The first-order chi connectivity index (χ1) is 17.9. The van der Waals surface area contributed by atoms with Crippen LogP contribution in [0.5, 0.6) is 28.7 Å². The van der Waals surface area contributed by atoms with Gasteiger partial charge in [-0.15, -0.1) is 0 Å². The van der Waals surface area contributed by atoms with E-state index in [4.69, 9.17) is 23.7 Å². The van der Waals surface area contributed by atoms with Gasteiger partial charge in [-0.25, -0.2) is 0 Å². The summed E-state index contributed by atoms with van der Waals surface area (Å²) in [6, 6.07) is 15.2. The van der Waals surface area contributed by atoms with E-state index in [9.17, 15) is 9.59 Å². The molecule has 0 saturated heterocycles. The zero-order valence-corrected chi connectivity index (χ0v) is 21.7. The summed E-state index contributed by atoms with van der Waals surface area (Å²) < 4.78 is 27.0. The number of hydrogen-bond acceptors (Lipinski definition) is 7. The lowest BCUT2D eigenvalue weighted by Gasteiger charge is -2.40. The minimum Gasteiger partial charge on any atom is -0.497 e. The molecule has 194 valence electrons. The van der Waals surface area contributed by atoms with Crippen LogP contribution < -0.4 is 29.0 Å². The predicted octanol–water partition coefficient (Wildman–Crippen LogP) is 4.28. The SMILES string of the molecule is COc1ccc([C@H]2[C@H](C(=O)Nc3ccc(OC)cc3OC)c3cc(OC)c(OC)cc3C(=O)N2C)cc1. The van der Waals surface area contributed by atoms with Crippen LogP contribution in [-0.2, 0) is 4.79 Å². The van der Waals surface area contributed by atoms with Crippen LogP contribution in [0.15, 0.2) is 54.6 Å². The van der Waals surface area contributed by atoms with Crippen LogP contribution in [0.1, 0.15) is 33.4 Å². The molecule has 0 aliphatic carbocycles. The van der Waals surface area contributed by atoms with Crippen LogP contribution in [0.3, 0.4) is 0 Å². The van der Waals surface area contributed by atoms with Crippen molar-refractivity contribution in [2.45, 2.75) is 12.0 Å². The third-order valence-corrected chi connectivity index (χ3v) is 6.58. The van der Waals surface area contributed by atoms with Crippen molar-refractivity contribution in [3.63, 3.8) is 0 Å². The molecule has 3 aromatic rings. The molecular weight excluding hydrogens is 476 g/mol. The molecule has 0 unspecified atom stereocenters. The lowest BCUT2D eigenvalue weighted by atomic mass is 9.79. The molecule has 9 nitrogen and oxygen atoms in total. The minimum absolute atomic E-state index is 0.233. The molecule has 0 bridgehead atoms.